The molecule has 0 radical (unpaired) electrons. The molecule has 0 aliphatic heterocycles. The van der Waals surface area contributed by atoms with Gasteiger partial charge in [-0.25, -0.2) is 0 Å². The quantitative estimate of drug-likeness (QED) is 0.428. The van der Waals surface area contributed by atoms with Gasteiger partial charge in [0.2, 0.25) is 17.6 Å². The summed E-state index contributed by atoms with van der Waals surface area (Å²) in [5, 5.41) is 9.30. The molecule has 164 valence electrons. The second-order valence-corrected chi connectivity index (χ2v) is 8.58. The van der Waals surface area contributed by atoms with E-state index in [-0.39, 0.29) is 24.9 Å². The van der Waals surface area contributed by atoms with E-state index in [4.69, 9.17) is 20.9 Å². The van der Waals surface area contributed by atoms with Crippen LogP contribution in [0.5, 0.6) is 0 Å². The zero-order valence-electron chi connectivity index (χ0n) is 17.3. The van der Waals surface area contributed by atoms with E-state index in [9.17, 15) is 9.59 Å². The second-order valence-electron chi connectivity index (χ2n) is 7.23. The summed E-state index contributed by atoms with van der Waals surface area (Å²) < 4.78 is 10.5. The van der Waals surface area contributed by atoms with Gasteiger partial charge in [-0.05, 0) is 43.3 Å². The number of rotatable bonds is 10. The predicted molar refractivity (Wildman–Crippen MR) is 119 cm³/mol. The molecule has 2 aromatic heterocycles. The average Bonchev–Trinajstić information content (AvgIpc) is 3.39. The minimum absolute atomic E-state index is 0.00147. The van der Waals surface area contributed by atoms with Crippen molar-refractivity contribution in [2.75, 3.05) is 0 Å². The topological polar surface area (TPSA) is 94.3 Å². The Morgan fingerprint density at radius 3 is 2.74 bits per heavy atom. The molecule has 1 N–H and O–H groups in total. The zero-order chi connectivity index (χ0) is 22.2. The SMILES string of the molecule is CC(C)OC(=O)CC(NC(=O)CCCc1nc(-c2cccs2)no1)c1ccccc1Cl. The molecule has 7 nitrogen and oxygen atoms in total. The maximum absolute atomic E-state index is 12.6. The van der Waals surface area contributed by atoms with E-state index >= 15 is 0 Å². The van der Waals surface area contributed by atoms with Crippen LogP contribution in [0.4, 0.5) is 0 Å². The number of nitrogens with one attached hydrogen (secondary N) is 1. The molecule has 0 aliphatic carbocycles. The average molecular weight is 462 g/mol. The van der Waals surface area contributed by atoms with Crippen LogP contribution in [0.25, 0.3) is 10.7 Å². The van der Waals surface area contributed by atoms with E-state index in [1.54, 1.807) is 32.0 Å². The number of benzene rings is 1. The predicted octanol–water partition coefficient (Wildman–Crippen LogP) is 4.97. The number of hydrogen-bond acceptors (Lipinski definition) is 7. The van der Waals surface area contributed by atoms with Crippen molar-refractivity contribution in [3.8, 4) is 10.7 Å². The minimum atomic E-state index is -0.568. The molecule has 1 amide bonds. The van der Waals surface area contributed by atoms with Crippen LogP contribution in [0.1, 0.15) is 50.6 Å². The molecule has 0 saturated heterocycles. The molecule has 0 bridgehead atoms. The van der Waals surface area contributed by atoms with Gasteiger partial charge in [0.25, 0.3) is 0 Å². The number of aromatic nitrogens is 2. The Morgan fingerprint density at radius 2 is 2.03 bits per heavy atom. The third-order valence-electron chi connectivity index (χ3n) is 4.36. The van der Waals surface area contributed by atoms with Crippen LogP contribution >= 0.6 is 22.9 Å². The lowest BCUT2D eigenvalue weighted by Crippen LogP contribution is -2.31. The second kappa shape index (κ2) is 11.1. The van der Waals surface area contributed by atoms with Gasteiger partial charge in [0.1, 0.15) is 0 Å². The fourth-order valence-corrected chi connectivity index (χ4v) is 3.92. The Balaban J connectivity index is 1.56. The number of hydrogen-bond donors (Lipinski definition) is 1. The van der Waals surface area contributed by atoms with Crippen molar-refractivity contribution in [1.82, 2.24) is 15.5 Å². The van der Waals surface area contributed by atoms with E-state index in [1.807, 2.05) is 23.6 Å². The molecule has 31 heavy (non-hydrogen) atoms. The van der Waals surface area contributed by atoms with Crippen molar-refractivity contribution >= 4 is 34.8 Å². The zero-order valence-corrected chi connectivity index (χ0v) is 18.9. The molecule has 1 aromatic carbocycles. The van der Waals surface area contributed by atoms with E-state index < -0.39 is 12.0 Å². The fraction of sp³-hybridized carbons (Fsp3) is 0.364. The van der Waals surface area contributed by atoms with Crippen LogP contribution in [-0.4, -0.2) is 28.1 Å². The molecule has 3 aromatic rings. The lowest BCUT2D eigenvalue weighted by Gasteiger charge is -2.20. The first-order valence-electron chi connectivity index (χ1n) is 10.0. The minimum Gasteiger partial charge on any atom is -0.463 e. The van der Waals surface area contributed by atoms with Gasteiger partial charge in [0.05, 0.1) is 23.4 Å². The summed E-state index contributed by atoms with van der Waals surface area (Å²) in [5.74, 6) is 0.448. The number of thiophene rings is 1. The summed E-state index contributed by atoms with van der Waals surface area (Å²) in [6.07, 6.45) is 1.03. The molecule has 9 heteroatoms. The molecular formula is C22H24ClN3O4S. The van der Waals surface area contributed by atoms with Crippen LogP contribution in [0.3, 0.4) is 0 Å². The van der Waals surface area contributed by atoms with Crippen LogP contribution in [-0.2, 0) is 20.7 Å². The summed E-state index contributed by atoms with van der Waals surface area (Å²) >= 11 is 7.82. The van der Waals surface area contributed by atoms with Gasteiger partial charge in [0, 0.05) is 17.9 Å². The van der Waals surface area contributed by atoms with Crippen molar-refractivity contribution in [1.29, 1.82) is 0 Å². The molecule has 0 fully saturated rings. The lowest BCUT2D eigenvalue weighted by molar-refractivity contribution is -0.148. The van der Waals surface area contributed by atoms with Gasteiger partial charge in [0.15, 0.2) is 0 Å². The molecule has 3 rings (SSSR count). The van der Waals surface area contributed by atoms with E-state index in [2.05, 4.69) is 15.5 Å². The van der Waals surface area contributed by atoms with Gasteiger partial charge in [-0.2, -0.15) is 4.98 Å². The summed E-state index contributed by atoms with van der Waals surface area (Å²) in [5.41, 5.74) is 0.677. The maximum atomic E-state index is 12.6. The summed E-state index contributed by atoms with van der Waals surface area (Å²) in [4.78, 5) is 30.0. The van der Waals surface area contributed by atoms with E-state index in [0.29, 0.717) is 35.1 Å². The maximum Gasteiger partial charge on any atom is 0.308 e. The van der Waals surface area contributed by atoms with Crippen molar-refractivity contribution in [2.24, 2.45) is 0 Å². The Bertz CT molecular complexity index is 1000. The van der Waals surface area contributed by atoms with Gasteiger partial charge in [-0.3, -0.25) is 9.59 Å². The first kappa shape index (κ1) is 23.0. The Morgan fingerprint density at radius 1 is 1.23 bits per heavy atom. The number of ether oxygens (including phenoxy) is 1. The highest BCUT2D eigenvalue weighted by Gasteiger charge is 2.22. The number of carbonyl (C=O) groups excluding carboxylic acids is 2. The Hall–Kier alpha value is -2.71. The van der Waals surface area contributed by atoms with Gasteiger partial charge in [-0.1, -0.05) is 41.0 Å². The van der Waals surface area contributed by atoms with Crippen molar-refractivity contribution < 1.29 is 18.8 Å². The molecule has 2 heterocycles. The highest BCUT2D eigenvalue weighted by molar-refractivity contribution is 7.13. The van der Waals surface area contributed by atoms with E-state index in [1.165, 1.54) is 11.3 Å². The highest BCUT2D eigenvalue weighted by atomic mass is 35.5. The molecule has 0 spiro atoms. The molecular weight excluding hydrogens is 438 g/mol. The van der Waals surface area contributed by atoms with Gasteiger partial charge in [-0.15, -0.1) is 11.3 Å². The molecule has 0 saturated carbocycles. The Labute approximate surface area is 189 Å². The van der Waals surface area contributed by atoms with Crippen LogP contribution in [0.15, 0.2) is 46.3 Å². The number of halogens is 1. The van der Waals surface area contributed by atoms with Crippen LogP contribution in [0, 0.1) is 0 Å². The summed E-state index contributed by atoms with van der Waals surface area (Å²) in [7, 11) is 0. The van der Waals surface area contributed by atoms with Crippen molar-refractivity contribution in [3.05, 3.63) is 58.3 Å². The van der Waals surface area contributed by atoms with Crippen molar-refractivity contribution in [2.45, 2.75) is 51.7 Å². The number of nitrogens with zero attached hydrogens (tertiary/aromatic N) is 2. The largest absolute Gasteiger partial charge is 0.463 e. The number of esters is 1. The lowest BCUT2D eigenvalue weighted by atomic mass is 10.0. The normalized spacial score (nSPS) is 12.0. The first-order chi connectivity index (χ1) is 14.9. The number of carbonyl (C=O) groups is 2. The van der Waals surface area contributed by atoms with Crippen molar-refractivity contribution in [3.63, 3.8) is 0 Å². The number of amides is 1. The fourth-order valence-electron chi connectivity index (χ4n) is 3.00. The molecule has 1 atom stereocenters. The first-order valence-corrected chi connectivity index (χ1v) is 11.3. The Kier molecular flexibility index (Phi) is 8.20. The van der Waals surface area contributed by atoms with Gasteiger partial charge < -0.3 is 14.6 Å². The number of aryl methyl sites for hydroxylation is 1. The van der Waals surface area contributed by atoms with Crippen LogP contribution in [0.2, 0.25) is 5.02 Å². The van der Waals surface area contributed by atoms with Crippen LogP contribution < -0.4 is 5.32 Å². The smallest absolute Gasteiger partial charge is 0.308 e. The van der Waals surface area contributed by atoms with E-state index in [0.717, 1.165) is 4.88 Å². The summed E-state index contributed by atoms with van der Waals surface area (Å²) in [6.45, 7) is 3.56. The third-order valence-corrected chi connectivity index (χ3v) is 5.57. The van der Waals surface area contributed by atoms with Gasteiger partial charge >= 0.3 is 5.97 Å². The summed E-state index contributed by atoms with van der Waals surface area (Å²) in [6, 6.07) is 10.4. The third kappa shape index (κ3) is 6.90. The highest BCUT2D eigenvalue weighted by Crippen LogP contribution is 2.26. The molecule has 0 aliphatic rings. The molecule has 1 unspecified atom stereocenters. The standard InChI is InChI=1S/C22H24ClN3O4S/c1-14(2)29-21(28)13-17(15-7-3-4-8-16(15)23)24-19(27)10-5-11-20-25-22(26-30-20)18-9-6-12-31-18/h3-4,6-9,12,14,17H,5,10-11,13H2,1-2H3,(H,24,27). The monoisotopic (exact) mass is 461 g/mol.